The van der Waals surface area contributed by atoms with E-state index in [4.69, 9.17) is 11.6 Å². The predicted octanol–water partition coefficient (Wildman–Crippen LogP) is 6.16. The van der Waals surface area contributed by atoms with Gasteiger partial charge in [-0.05, 0) is 73.3 Å². The third-order valence-electron chi connectivity index (χ3n) is 7.64. The molecule has 4 nitrogen and oxygen atoms in total. The smallest absolute Gasteiger partial charge is 0.308 e. The van der Waals surface area contributed by atoms with Gasteiger partial charge in [-0.25, -0.2) is 0 Å². The molecule has 1 aliphatic heterocycles. The minimum Gasteiger partial charge on any atom is -0.324 e. The molecule has 2 heterocycles. The van der Waals surface area contributed by atoms with Crippen molar-refractivity contribution >= 4 is 46.3 Å². The van der Waals surface area contributed by atoms with Crippen LogP contribution in [-0.4, -0.2) is 15.7 Å². The highest BCUT2D eigenvalue weighted by molar-refractivity contribution is 8.00. The van der Waals surface area contributed by atoms with E-state index in [2.05, 4.69) is 17.4 Å². The fourth-order valence-corrected chi connectivity index (χ4v) is 9.45. The SMILES string of the molecule is Cc1ccccc1NC(=O)Cn1c2c(sc1=O)[C@@H](c1ccc(Cl)cc1)[C@H]1[C@@H]3CC[C@@H](C3)[C@@H]1S2. The number of hydrogen-bond donors (Lipinski definition) is 1. The summed E-state index contributed by atoms with van der Waals surface area (Å²) in [6.45, 7) is 2.01. The van der Waals surface area contributed by atoms with Crippen LogP contribution in [0.15, 0.2) is 58.4 Å². The van der Waals surface area contributed by atoms with Crippen molar-refractivity contribution in [2.45, 2.75) is 48.9 Å². The average Bonchev–Trinajstić information content (AvgIpc) is 3.49. The van der Waals surface area contributed by atoms with Gasteiger partial charge in [0.25, 0.3) is 0 Å². The summed E-state index contributed by atoms with van der Waals surface area (Å²) in [4.78, 5) is 27.2. The number of nitrogens with one attached hydrogen (secondary N) is 1. The van der Waals surface area contributed by atoms with Crippen LogP contribution >= 0.6 is 34.7 Å². The molecule has 1 amide bonds. The number of para-hydroxylation sites is 1. The van der Waals surface area contributed by atoms with Crippen LogP contribution in [0.25, 0.3) is 0 Å². The third kappa shape index (κ3) is 3.67. The molecule has 1 aromatic heterocycles. The Morgan fingerprint density at radius 1 is 1.12 bits per heavy atom. The van der Waals surface area contributed by atoms with E-state index < -0.39 is 0 Å². The molecule has 1 N–H and O–H groups in total. The number of fused-ring (bicyclic) bond motifs is 6. The van der Waals surface area contributed by atoms with Gasteiger partial charge in [0.15, 0.2) is 0 Å². The summed E-state index contributed by atoms with van der Waals surface area (Å²) in [6, 6.07) is 15.9. The highest BCUT2D eigenvalue weighted by Crippen LogP contribution is 2.64. The first-order valence-electron chi connectivity index (χ1n) is 11.5. The number of nitrogens with zero attached hydrogens (tertiary/aromatic N) is 1. The molecule has 2 aliphatic carbocycles. The zero-order chi connectivity index (χ0) is 22.7. The summed E-state index contributed by atoms with van der Waals surface area (Å²) < 4.78 is 1.71. The van der Waals surface area contributed by atoms with E-state index in [1.807, 2.05) is 55.1 Å². The Bertz CT molecular complexity index is 1280. The third-order valence-corrected chi connectivity index (χ3v) is 10.7. The number of benzene rings is 2. The van der Waals surface area contributed by atoms with Gasteiger partial charge in [-0.3, -0.25) is 14.2 Å². The first kappa shape index (κ1) is 21.5. The van der Waals surface area contributed by atoms with Gasteiger partial charge in [0.2, 0.25) is 5.91 Å². The first-order chi connectivity index (χ1) is 16.0. The molecule has 2 saturated carbocycles. The van der Waals surface area contributed by atoms with Gasteiger partial charge >= 0.3 is 4.87 Å². The molecule has 2 fully saturated rings. The van der Waals surface area contributed by atoms with Crippen molar-refractivity contribution in [1.29, 1.82) is 0 Å². The number of thioether (sulfide) groups is 1. The van der Waals surface area contributed by atoms with E-state index in [1.54, 1.807) is 4.57 Å². The number of anilines is 1. The summed E-state index contributed by atoms with van der Waals surface area (Å²) >= 11 is 9.37. The van der Waals surface area contributed by atoms with E-state index in [9.17, 15) is 9.59 Å². The molecule has 0 saturated heterocycles. The van der Waals surface area contributed by atoms with Crippen LogP contribution in [0.5, 0.6) is 0 Å². The summed E-state index contributed by atoms with van der Waals surface area (Å²) in [6.07, 6.45) is 3.86. The number of thiazole rings is 1. The van der Waals surface area contributed by atoms with E-state index in [-0.39, 0.29) is 23.2 Å². The van der Waals surface area contributed by atoms with Crippen LogP contribution in [0.4, 0.5) is 5.69 Å². The Morgan fingerprint density at radius 2 is 1.88 bits per heavy atom. The van der Waals surface area contributed by atoms with Crippen LogP contribution in [0.1, 0.15) is 41.2 Å². The Kier molecular flexibility index (Phi) is 5.43. The van der Waals surface area contributed by atoms with E-state index in [0.29, 0.717) is 17.1 Å². The van der Waals surface area contributed by atoms with Crippen LogP contribution < -0.4 is 10.2 Å². The van der Waals surface area contributed by atoms with Crippen LogP contribution in [-0.2, 0) is 11.3 Å². The number of amides is 1. The number of carbonyl (C=O) groups is 1. The number of rotatable bonds is 4. The highest BCUT2D eigenvalue weighted by Gasteiger charge is 2.55. The number of halogens is 1. The fourth-order valence-electron chi connectivity index (χ4n) is 6.18. The molecular formula is C26H25ClN2O2S2. The summed E-state index contributed by atoms with van der Waals surface area (Å²) in [7, 11) is 0. The molecule has 3 aromatic rings. The van der Waals surface area contributed by atoms with Gasteiger partial charge in [0.1, 0.15) is 6.54 Å². The van der Waals surface area contributed by atoms with Gasteiger partial charge in [-0.2, -0.15) is 0 Å². The summed E-state index contributed by atoms with van der Waals surface area (Å²) in [5, 5.41) is 5.23. The van der Waals surface area contributed by atoms with Gasteiger partial charge in [-0.15, -0.1) is 11.8 Å². The molecule has 33 heavy (non-hydrogen) atoms. The average molecular weight is 497 g/mol. The predicted molar refractivity (Wildman–Crippen MR) is 136 cm³/mol. The highest BCUT2D eigenvalue weighted by atomic mass is 35.5. The second kappa shape index (κ2) is 8.33. The van der Waals surface area contributed by atoms with Gasteiger partial charge in [0, 0.05) is 26.8 Å². The van der Waals surface area contributed by atoms with E-state index in [1.165, 1.54) is 36.2 Å². The van der Waals surface area contributed by atoms with Gasteiger partial charge < -0.3 is 5.32 Å². The number of carbonyl (C=O) groups excluding carboxylic acids is 1. The molecule has 6 rings (SSSR count). The standard InChI is InChI=1S/C26H25ClN2O2S2/c1-14-4-2-3-5-19(14)28-20(30)13-29-25-24(33-26(29)31)21(15-8-10-18(27)11-9-15)22-16-6-7-17(12-16)23(22)32-25/h2-5,8-11,16-17,21-23H,6-7,12-13H2,1H3,(H,28,30)/t16-,17+,21+,22-,23+/m1/s1. The first-order valence-corrected chi connectivity index (χ1v) is 13.6. The minimum atomic E-state index is -0.161. The molecular weight excluding hydrogens is 472 g/mol. The van der Waals surface area contributed by atoms with Crippen LogP contribution in [0.3, 0.4) is 0 Å². The normalized spacial score (nSPS) is 27.3. The second-order valence-corrected chi connectivity index (χ2v) is 12.1. The molecule has 7 heteroatoms. The number of aromatic nitrogens is 1. The van der Waals surface area contributed by atoms with Crippen molar-refractivity contribution in [2.24, 2.45) is 17.8 Å². The molecule has 2 bridgehead atoms. The number of hydrogen-bond acceptors (Lipinski definition) is 4. The lowest BCUT2D eigenvalue weighted by Gasteiger charge is -2.40. The molecule has 3 aliphatic rings. The fraction of sp³-hybridized carbons (Fsp3) is 0.385. The quantitative estimate of drug-likeness (QED) is 0.470. The monoisotopic (exact) mass is 496 g/mol. The zero-order valence-electron chi connectivity index (χ0n) is 18.3. The molecule has 0 unspecified atom stereocenters. The van der Waals surface area contributed by atoms with Crippen molar-refractivity contribution in [1.82, 2.24) is 4.57 Å². The zero-order valence-corrected chi connectivity index (χ0v) is 20.7. The topological polar surface area (TPSA) is 51.1 Å². The maximum absolute atomic E-state index is 13.2. The van der Waals surface area contributed by atoms with Crippen molar-refractivity contribution in [3.05, 3.63) is 79.2 Å². The van der Waals surface area contributed by atoms with Crippen LogP contribution in [0.2, 0.25) is 5.02 Å². The Labute approximate surface area is 206 Å². The van der Waals surface area contributed by atoms with Crippen LogP contribution in [0, 0.1) is 24.7 Å². The maximum Gasteiger partial charge on any atom is 0.308 e. The second-order valence-electron chi connectivity index (χ2n) is 9.51. The van der Waals surface area contributed by atoms with E-state index in [0.717, 1.165) is 32.1 Å². The lowest BCUT2D eigenvalue weighted by molar-refractivity contribution is -0.116. The summed E-state index contributed by atoms with van der Waals surface area (Å²) in [5.74, 6) is 2.02. The largest absolute Gasteiger partial charge is 0.324 e. The molecule has 5 atom stereocenters. The van der Waals surface area contributed by atoms with Crippen molar-refractivity contribution < 1.29 is 4.79 Å². The molecule has 0 spiro atoms. The lowest BCUT2D eigenvalue weighted by Crippen LogP contribution is -2.34. The molecule has 170 valence electrons. The van der Waals surface area contributed by atoms with E-state index >= 15 is 0 Å². The Hall–Kier alpha value is -2.02. The number of aryl methyl sites for hydroxylation is 1. The molecule has 0 radical (unpaired) electrons. The minimum absolute atomic E-state index is 0.0429. The van der Waals surface area contributed by atoms with Gasteiger partial charge in [0.05, 0.1) is 5.03 Å². The van der Waals surface area contributed by atoms with Gasteiger partial charge in [-0.1, -0.05) is 53.3 Å². The van der Waals surface area contributed by atoms with Crippen molar-refractivity contribution in [3.8, 4) is 0 Å². The molecule has 2 aromatic carbocycles. The lowest BCUT2D eigenvalue weighted by atomic mass is 9.75. The van der Waals surface area contributed by atoms with Crippen molar-refractivity contribution in [2.75, 3.05) is 5.32 Å². The maximum atomic E-state index is 13.2. The Balaban J connectivity index is 1.37. The summed E-state index contributed by atoms with van der Waals surface area (Å²) in [5.41, 5.74) is 3.04. The Morgan fingerprint density at radius 3 is 2.67 bits per heavy atom. The van der Waals surface area contributed by atoms with Crippen molar-refractivity contribution in [3.63, 3.8) is 0 Å².